The molecule has 4 aromatic carbocycles. The number of anilines is 1. The third-order valence-electron chi connectivity index (χ3n) is 8.40. The highest BCUT2D eigenvalue weighted by atomic mass is 15.1. The van der Waals surface area contributed by atoms with Crippen LogP contribution in [-0.4, -0.2) is 9.13 Å². The van der Waals surface area contributed by atoms with Crippen LogP contribution in [0.25, 0.3) is 67.4 Å². The maximum Gasteiger partial charge on any atom is 0.116 e. The SMILES string of the molecule is C=C/C=C(\C=Cc1ccccc1)n1c(N)c(/C=C\CC)c2cc(-c3ccc4c5ccccc5n(C5=CC=CC5)c4c3)ccc21.CC. The Morgan fingerprint density at radius 1 is 0.804 bits per heavy atom. The van der Waals surface area contributed by atoms with Gasteiger partial charge >= 0.3 is 0 Å². The van der Waals surface area contributed by atoms with Gasteiger partial charge in [0.2, 0.25) is 0 Å². The van der Waals surface area contributed by atoms with Crippen LogP contribution in [0.2, 0.25) is 0 Å². The molecule has 7 rings (SSSR count). The van der Waals surface area contributed by atoms with E-state index in [1.807, 2.05) is 44.2 Å². The number of hydrogen-bond donors (Lipinski definition) is 1. The molecule has 0 unspecified atom stereocenters. The lowest BCUT2D eigenvalue weighted by molar-refractivity contribution is 1.16. The van der Waals surface area contributed by atoms with Gasteiger partial charge in [-0.3, -0.25) is 4.57 Å². The van der Waals surface area contributed by atoms with Crippen LogP contribution < -0.4 is 5.73 Å². The Labute approximate surface area is 272 Å². The molecule has 2 aromatic heterocycles. The maximum absolute atomic E-state index is 6.94. The molecule has 0 saturated carbocycles. The van der Waals surface area contributed by atoms with Crippen LogP contribution in [0.3, 0.4) is 0 Å². The second-order valence-corrected chi connectivity index (χ2v) is 11.1. The summed E-state index contributed by atoms with van der Waals surface area (Å²) in [6.07, 6.45) is 20.8. The van der Waals surface area contributed by atoms with Gasteiger partial charge in [-0.15, -0.1) is 0 Å². The summed E-state index contributed by atoms with van der Waals surface area (Å²) in [7, 11) is 0. The second-order valence-electron chi connectivity index (χ2n) is 11.1. The minimum atomic E-state index is 0.712. The molecule has 0 radical (unpaired) electrons. The quantitative estimate of drug-likeness (QED) is 0.174. The first-order chi connectivity index (χ1) is 22.7. The zero-order valence-corrected chi connectivity index (χ0v) is 26.9. The highest BCUT2D eigenvalue weighted by Crippen LogP contribution is 2.39. The first-order valence-electron chi connectivity index (χ1n) is 16.2. The number of hydrogen-bond acceptors (Lipinski definition) is 1. The minimum absolute atomic E-state index is 0.712. The van der Waals surface area contributed by atoms with Crippen molar-refractivity contribution in [1.82, 2.24) is 9.13 Å². The summed E-state index contributed by atoms with van der Waals surface area (Å²) in [6, 6.07) is 32.5. The number of nitrogens with zero attached hydrogens (tertiary/aromatic N) is 2. The number of allylic oxidation sites excluding steroid dienone is 9. The molecule has 1 aliphatic carbocycles. The van der Waals surface area contributed by atoms with Crippen LogP contribution in [0.5, 0.6) is 0 Å². The van der Waals surface area contributed by atoms with Gasteiger partial charge in [-0.25, -0.2) is 0 Å². The van der Waals surface area contributed by atoms with Gasteiger partial charge in [0.25, 0.3) is 0 Å². The Morgan fingerprint density at radius 3 is 2.30 bits per heavy atom. The lowest BCUT2D eigenvalue weighted by Gasteiger charge is -2.11. The third-order valence-corrected chi connectivity index (χ3v) is 8.40. The zero-order valence-electron chi connectivity index (χ0n) is 26.9. The van der Waals surface area contributed by atoms with Crippen molar-refractivity contribution in [2.24, 2.45) is 0 Å². The number of benzene rings is 4. The molecule has 0 aliphatic heterocycles. The van der Waals surface area contributed by atoms with E-state index in [0.29, 0.717) is 5.82 Å². The fourth-order valence-electron chi connectivity index (χ4n) is 6.34. The van der Waals surface area contributed by atoms with Crippen molar-refractivity contribution in [3.05, 3.63) is 151 Å². The van der Waals surface area contributed by atoms with Crippen molar-refractivity contribution in [1.29, 1.82) is 0 Å². The fraction of sp³-hybridized carbons (Fsp3) is 0.116. The smallest absolute Gasteiger partial charge is 0.116 e. The lowest BCUT2D eigenvalue weighted by atomic mass is 10.0. The third kappa shape index (κ3) is 5.57. The van der Waals surface area contributed by atoms with Crippen LogP contribution in [0.15, 0.2) is 140 Å². The molecule has 3 heteroatoms. The topological polar surface area (TPSA) is 35.9 Å². The predicted molar refractivity (Wildman–Crippen MR) is 203 cm³/mol. The Hall–Kier alpha value is -5.54. The molecular formula is C43H41N3. The molecule has 2 heterocycles. The predicted octanol–water partition coefficient (Wildman–Crippen LogP) is 12.0. The standard InChI is InChI=1S/C41H35N3.C2H6/c1-3-5-18-36-37-27-30(23-26-39(37)44(41(36)42)32(13-4-2)24-21-29-14-7-6-8-15-29)31-22-25-35-34-19-11-12-20-38(34)43(40(35)28-31)33-16-9-10-17-33;1-2/h4-16,18-28H,2-3,17,42H2,1H3;1-2H3/b18-5-,24-21?,32-13+;. The van der Waals surface area contributed by atoms with Crippen molar-refractivity contribution in [3.8, 4) is 11.1 Å². The summed E-state index contributed by atoms with van der Waals surface area (Å²) in [5.41, 5.74) is 17.2. The Balaban J connectivity index is 0.00000182. The molecule has 228 valence electrons. The van der Waals surface area contributed by atoms with Gasteiger partial charge in [0.1, 0.15) is 5.82 Å². The van der Waals surface area contributed by atoms with E-state index >= 15 is 0 Å². The summed E-state index contributed by atoms with van der Waals surface area (Å²) in [4.78, 5) is 0. The van der Waals surface area contributed by atoms with E-state index in [-0.39, 0.29) is 0 Å². The van der Waals surface area contributed by atoms with E-state index in [9.17, 15) is 0 Å². The first kappa shape index (κ1) is 30.5. The number of nitrogen functional groups attached to an aromatic ring is 1. The molecule has 2 N–H and O–H groups in total. The maximum atomic E-state index is 6.94. The van der Waals surface area contributed by atoms with Gasteiger partial charge in [0.15, 0.2) is 0 Å². The van der Waals surface area contributed by atoms with Gasteiger partial charge in [-0.1, -0.05) is 131 Å². The lowest BCUT2D eigenvalue weighted by Crippen LogP contribution is -2.01. The molecular weight excluding hydrogens is 558 g/mol. The van der Waals surface area contributed by atoms with Crippen molar-refractivity contribution < 1.29 is 0 Å². The summed E-state index contributed by atoms with van der Waals surface area (Å²) in [5.74, 6) is 0.712. The molecule has 0 fully saturated rings. The Bertz CT molecular complexity index is 2190. The van der Waals surface area contributed by atoms with Crippen molar-refractivity contribution in [2.45, 2.75) is 33.6 Å². The Morgan fingerprint density at radius 2 is 1.54 bits per heavy atom. The molecule has 6 aromatic rings. The molecule has 0 spiro atoms. The van der Waals surface area contributed by atoms with E-state index in [1.54, 1.807) is 0 Å². The van der Waals surface area contributed by atoms with Crippen molar-refractivity contribution in [3.63, 3.8) is 0 Å². The molecule has 46 heavy (non-hydrogen) atoms. The van der Waals surface area contributed by atoms with Gasteiger partial charge in [0, 0.05) is 39.5 Å². The number of nitrogens with two attached hydrogens (primary N) is 1. The van der Waals surface area contributed by atoms with E-state index in [2.05, 4.69) is 138 Å². The van der Waals surface area contributed by atoms with E-state index in [0.717, 1.165) is 46.1 Å². The summed E-state index contributed by atoms with van der Waals surface area (Å²) in [6.45, 7) is 10.1. The molecule has 0 saturated heterocycles. The normalized spacial score (nSPS) is 13.3. The first-order valence-corrected chi connectivity index (χ1v) is 16.2. The molecule has 0 amide bonds. The average Bonchev–Trinajstić information content (AvgIpc) is 3.81. The number of fused-ring (bicyclic) bond motifs is 4. The molecule has 0 bridgehead atoms. The monoisotopic (exact) mass is 599 g/mol. The zero-order chi connectivity index (χ0) is 32.0. The van der Waals surface area contributed by atoms with Gasteiger partial charge in [-0.05, 0) is 65.6 Å². The highest BCUT2D eigenvalue weighted by Gasteiger charge is 2.18. The number of rotatable bonds is 8. The van der Waals surface area contributed by atoms with E-state index < -0.39 is 0 Å². The van der Waals surface area contributed by atoms with Crippen molar-refractivity contribution >= 4 is 62.1 Å². The van der Waals surface area contributed by atoms with Crippen molar-refractivity contribution in [2.75, 3.05) is 5.73 Å². The molecule has 0 atom stereocenters. The minimum Gasteiger partial charge on any atom is -0.384 e. The van der Waals surface area contributed by atoms with Crippen LogP contribution in [0, 0.1) is 0 Å². The van der Waals surface area contributed by atoms with Gasteiger partial charge in [-0.2, -0.15) is 0 Å². The average molecular weight is 600 g/mol. The number of aromatic nitrogens is 2. The van der Waals surface area contributed by atoms with Crippen LogP contribution in [-0.2, 0) is 0 Å². The van der Waals surface area contributed by atoms with E-state index in [1.165, 1.54) is 33.1 Å². The summed E-state index contributed by atoms with van der Waals surface area (Å²) < 4.78 is 4.55. The van der Waals surface area contributed by atoms with Gasteiger partial charge in [0.05, 0.1) is 16.6 Å². The fourth-order valence-corrected chi connectivity index (χ4v) is 6.34. The summed E-state index contributed by atoms with van der Waals surface area (Å²) in [5, 5.41) is 3.67. The molecule has 3 nitrogen and oxygen atoms in total. The van der Waals surface area contributed by atoms with Crippen LogP contribution >= 0.6 is 0 Å². The number of para-hydroxylation sites is 1. The van der Waals surface area contributed by atoms with Crippen LogP contribution in [0.1, 0.15) is 44.7 Å². The second kappa shape index (κ2) is 13.6. The highest BCUT2D eigenvalue weighted by molar-refractivity contribution is 6.11. The molecule has 1 aliphatic rings. The van der Waals surface area contributed by atoms with Crippen LogP contribution in [0.4, 0.5) is 5.82 Å². The summed E-state index contributed by atoms with van der Waals surface area (Å²) >= 11 is 0. The van der Waals surface area contributed by atoms with E-state index in [4.69, 9.17) is 5.73 Å². The Kier molecular flexibility index (Phi) is 9.03. The largest absolute Gasteiger partial charge is 0.384 e. The van der Waals surface area contributed by atoms with Gasteiger partial charge < -0.3 is 10.3 Å².